The predicted octanol–water partition coefficient (Wildman–Crippen LogP) is 1.09. The van der Waals surface area contributed by atoms with Gasteiger partial charge in [-0.15, -0.1) is 13.2 Å². The molecule has 0 aromatic carbocycles. The van der Waals surface area contributed by atoms with Crippen LogP contribution in [0.2, 0.25) is 0 Å². The summed E-state index contributed by atoms with van der Waals surface area (Å²) in [5.41, 5.74) is 10.8. The third-order valence-corrected chi connectivity index (χ3v) is 1.87. The lowest BCUT2D eigenvalue weighted by Gasteiger charge is -2.13. The van der Waals surface area contributed by atoms with Gasteiger partial charge in [-0.2, -0.15) is 5.26 Å². The average Bonchev–Trinajstić information content (AvgIpc) is 2.20. The fraction of sp³-hybridized carbons (Fsp3) is 0.333. The van der Waals surface area contributed by atoms with Gasteiger partial charge in [0.25, 0.3) is 0 Å². The Morgan fingerprint density at radius 1 is 1.47 bits per heavy atom. The van der Waals surface area contributed by atoms with Crippen LogP contribution in [0.1, 0.15) is 11.3 Å². The molecule has 5 nitrogen and oxygen atoms in total. The lowest BCUT2D eigenvalue weighted by atomic mass is 10.2. The number of nitrogen functional groups attached to an aromatic ring is 1. The standard InChI is InChI=1S/C9H9F3N4O/c10-9(11,12)17-7-3-5(4-14)8(15)16-6(7)1-2-13/h3H,1,4,14H2,(H2,15,16). The molecule has 92 valence electrons. The van der Waals surface area contributed by atoms with Crippen molar-refractivity contribution in [3.63, 3.8) is 0 Å². The van der Waals surface area contributed by atoms with Crippen LogP contribution in [0.25, 0.3) is 0 Å². The van der Waals surface area contributed by atoms with Gasteiger partial charge in [-0.05, 0) is 6.07 Å². The molecule has 0 fully saturated rings. The lowest BCUT2D eigenvalue weighted by Crippen LogP contribution is -2.19. The Hall–Kier alpha value is -2.01. The number of alkyl halides is 3. The summed E-state index contributed by atoms with van der Waals surface area (Å²) in [4.78, 5) is 3.67. The number of aromatic nitrogens is 1. The Balaban J connectivity index is 3.20. The molecule has 17 heavy (non-hydrogen) atoms. The normalized spacial score (nSPS) is 11.0. The summed E-state index contributed by atoms with van der Waals surface area (Å²) in [6.07, 6.45) is -5.19. The van der Waals surface area contributed by atoms with Gasteiger partial charge in [-0.1, -0.05) is 0 Å². The second-order valence-electron chi connectivity index (χ2n) is 3.06. The molecular weight excluding hydrogens is 237 g/mol. The first-order chi connectivity index (χ1) is 7.87. The average molecular weight is 246 g/mol. The molecule has 0 amide bonds. The maximum Gasteiger partial charge on any atom is 0.573 e. The summed E-state index contributed by atoms with van der Waals surface area (Å²) in [5, 5.41) is 8.47. The van der Waals surface area contributed by atoms with Crippen molar-refractivity contribution < 1.29 is 17.9 Å². The zero-order chi connectivity index (χ0) is 13.1. The van der Waals surface area contributed by atoms with Gasteiger partial charge in [-0.25, -0.2) is 4.98 Å². The Kier molecular flexibility index (Phi) is 3.75. The first-order valence-corrected chi connectivity index (χ1v) is 4.48. The molecule has 0 atom stereocenters. The van der Waals surface area contributed by atoms with Crippen LogP contribution in [-0.4, -0.2) is 11.3 Å². The van der Waals surface area contributed by atoms with E-state index in [1.165, 1.54) is 0 Å². The number of halogens is 3. The van der Waals surface area contributed by atoms with E-state index in [-0.39, 0.29) is 30.0 Å². The molecular formula is C9H9F3N4O. The number of nitriles is 1. The molecule has 0 saturated heterocycles. The first kappa shape index (κ1) is 13.1. The minimum absolute atomic E-state index is 0.00715. The van der Waals surface area contributed by atoms with Crippen LogP contribution < -0.4 is 16.2 Å². The summed E-state index contributed by atoms with van der Waals surface area (Å²) in [6, 6.07) is 2.72. The van der Waals surface area contributed by atoms with Crippen molar-refractivity contribution in [2.24, 2.45) is 5.73 Å². The van der Waals surface area contributed by atoms with E-state index in [1.54, 1.807) is 6.07 Å². The number of hydrogen-bond donors (Lipinski definition) is 2. The molecule has 0 aliphatic rings. The van der Waals surface area contributed by atoms with E-state index in [1.807, 2.05) is 0 Å². The van der Waals surface area contributed by atoms with Gasteiger partial charge < -0.3 is 16.2 Å². The Morgan fingerprint density at radius 3 is 2.59 bits per heavy atom. The summed E-state index contributed by atoms with van der Waals surface area (Å²) >= 11 is 0. The molecule has 0 bridgehead atoms. The monoisotopic (exact) mass is 246 g/mol. The minimum atomic E-state index is -4.85. The summed E-state index contributed by atoms with van der Waals surface area (Å²) in [5.74, 6) is -0.555. The molecule has 0 saturated carbocycles. The number of anilines is 1. The highest BCUT2D eigenvalue weighted by Crippen LogP contribution is 2.28. The van der Waals surface area contributed by atoms with Gasteiger partial charge in [0.2, 0.25) is 0 Å². The molecule has 1 aromatic rings. The number of nitrogens with two attached hydrogens (primary N) is 2. The first-order valence-electron chi connectivity index (χ1n) is 4.48. The highest BCUT2D eigenvalue weighted by Gasteiger charge is 2.32. The second-order valence-corrected chi connectivity index (χ2v) is 3.06. The zero-order valence-corrected chi connectivity index (χ0v) is 8.58. The maximum absolute atomic E-state index is 12.1. The van der Waals surface area contributed by atoms with Crippen molar-refractivity contribution in [1.29, 1.82) is 5.26 Å². The quantitative estimate of drug-likeness (QED) is 0.831. The highest BCUT2D eigenvalue weighted by molar-refractivity contribution is 5.47. The topological polar surface area (TPSA) is 98.0 Å². The molecule has 8 heteroatoms. The van der Waals surface area contributed by atoms with Gasteiger partial charge in [0.05, 0.1) is 18.2 Å². The van der Waals surface area contributed by atoms with Crippen LogP contribution in [0.15, 0.2) is 6.07 Å². The maximum atomic E-state index is 12.1. The number of hydrogen-bond acceptors (Lipinski definition) is 5. The van der Waals surface area contributed by atoms with Crippen molar-refractivity contribution in [2.45, 2.75) is 19.3 Å². The molecule has 0 aliphatic carbocycles. The lowest BCUT2D eigenvalue weighted by molar-refractivity contribution is -0.275. The summed E-state index contributed by atoms with van der Waals surface area (Å²) in [7, 11) is 0. The molecule has 0 radical (unpaired) electrons. The fourth-order valence-electron chi connectivity index (χ4n) is 1.17. The van der Waals surface area contributed by atoms with Crippen LogP contribution in [0.5, 0.6) is 5.75 Å². The Morgan fingerprint density at radius 2 is 2.12 bits per heavy atom. The van der Waals surface area contributed by atoms with Crippen molar-refractivity contribution in [3.8, 4) is 11.8 Å². The smallest absolute Gasteiger partial charge is 0.404 e. The van der Waals surface area contributed by atoms with E-state index in [0.29, 0.717) is 0 Å². The van der Waals surface area contributed by atoms with E-state index >= 15 is 0 Å². The molecule has 0 aliphatic heterocycles. The van der Waals surface area contributed by atoms with E-state index in [9.17, 15) is 13.2 Å². The van der Waals surface area contributed by atoms with Crippen LogP contribution in [0, 0.1) is 11.3 Å². The van der Waals surface area contributed by atoms with Gasteiger partial charge in [0.1, 0.15) is 5.82 Å². The predicted molar refractivity (Wildman–Crippen MR) is 52.5 cm³/mol. The van der Waals surface area contributed by atoms with Crippen LogP contribution in [-0.2, 0) is 13.0 Å². The van der Waals surface area contributed by atoms with Gasteiger partial charge >= 0.3 is 6.36 Å². The highest BCUT2D eigenvalue weighted by atomic mass is 19.4. The molecule has 0 spiro atoms. The SMILES string of the molecule is N#CCc1nc(N)c(CN)cc1OC(F)(F)F. The largest absolute Gasteiger partial charge is 0.573 e. The van der Waals surface area contributed by atoms with Gasteiger partial charge in [0, 0.05) is 12.1 Å². The van der Waals surface area contributed by atoms with Gasteiger partial charge in [-0.3, -0.25) is 0 Å². The van der Waals surface area contributed by atoms with E-state index in [0.717, 1.165) is 6.07 Å². The molecule has 0 unspecified atom stereocenters. The molecule has 4 N–H and O–H groups in total. The van der Waals surface area contributed by atoms with Crippen molar-refractivity contribution in [3.05, 3.63) is 17.3 Å². The number of nitrogens with zero attached hydrogens (tertiary/aromatic N) is 2. The van der Waals surface area contributed by atoms with E-state index in [2.05, 4.69) is 9.72 Å². The Labute approximate surface area is 94.8 Å². The third-order valence-electron chi connectivity index (χ3n) is 1.87. The van der Waals surface area contributed by atoms with Crippen LogP contribution >= 0.6 is 0 Å². The molecule has 1 heterocycles. The van der Waals surface area contributed by atoms with Crippen molar-refractivity contribution in [2.75, 3.05) is 5.73 Å². The van der Waals surface area contributed by atoms with Crippen LogP contribution in [0.3, 0.4) is 0 Å². The second kappa shape index (κ2) is 4.88. The van der Waals surface area contributed by atoms with Crippen LogP contribution in [0.4, 0.5) is 19.0 Å². The number of rotatable bonds is 3. The fourth-order valence-corrected chi connectivity index (χ4v) is 1.17. The Bertz CT molecular complexity index is 453. The van der Waals surface area contributed by atoms with Crippen molar-refractivity contribution in [1.82, 2.24) is 4.98 Å². The van der Waals surface area contributed by atoms with E-state index in [4.69, 9.17) is 16.7 Å². The van der Waals surface area contributed by atoms with Crippen molar-refractivity contribution >= 4 is 5.82 Å². The summed E-state index contributed by atoms with van der Waals surface area (Å²) in [6.45, 7) is -0.0696. The van der Waals surface area contributed by atoms with E-state index < -0.39 is 12.1 Å². The zero-order valence-electron chi connectivity index (χ0n) is 8.58. The molecule has 1 rings (SSSR count). The van der Waals surface area contributed by atoms with Gasteiger partial charge in [0.15, 0.2) is 5.75 Å². The third kappa shape index (κ3) is 3.49. The number of pyridine rings is 1. The number of ether oxygens (including phenoxy) is 1. The summed E-state index contributed by atoms with van der Waals surface area (Å²) < 4.78 is 40.1. The minimum Gasteiger partial charge on any atom is -0.404 e. The molecule has 1 aromatic heterocycles.